The Morgan fingerprint density at radius 3 is 2.76 bits per heavy atom. The predicted octanol–water partition coefficient (Wildman–Crippen LogP) is 1.43. The lowest BCUT2D eigenvalue weighted by Crippen LogP contribution is -2.33. The van der Waals surface area contributed by atoms with Gasteiger partial charge in [-0.2, -0.15) is 0 Å². The highest BCUT2D eigenvalue weighted by Crippen LogP contribution is 2.34. The summed E-state index contributed by atoms with van der Waals surface area (Å²) in [5.41, 5.74) is 0.117. The van der Waals surface area contributed by atoms with Crippen LogP contribution in [0.15, 0.2) is 18.2 Å². The monoisotopic (exact) mass is 257 g/mol. The Hall–Kier alpha value is -1.82. The number of para-hydroxylation sites is 1. The van der Waals surface area contributed by atoms with E-state index in [0.29, 0.717) is 5.69 Å². The molecule has 1 N–H and O–H groups in total. The number of likely N-dealkylation sites (N-methyl/N-ethyl adjacent to an activating group) is 2. The summed E-state index contributed by atoms with van der Waals surface area (Å²) in [5, 5.41) is 13.4. The van der Waals surface area contributed by atoms with Crippen molar-refractivity contribution in [2.24, 2.45) is 0 Å². The van der Waals surface area contributed by atoms with Gasteiger partial charge in [0.2, 0.25) is 5.91 Å². The molecular formula is C10H12ClN3O3. The molecule has 0 aromatic heterocycles. The number of carbonyl (C=O) groups excluding carboxylic acids is 1. The van der Waals surface area contributed by atoms with E-state index in [1.807, 2.05) is 0 Å². The fourth-order valence-corrected chi connectivity index (χ4v) is 1.61. The van der Waals surface area contributed by atoms with E-state index in [-0.39, 0.29) is 23.2 Å². The quantitative estimate of drug-likeness (QED) is 0.654. The van der Waals surface area contributed by atoms with Crippen molar-refractivity contribution < 1.29 is 9.72 Å². The maximum Gasteiger partial charge on any atom is 0.310 e. The average molecular weight is 258 g/mol. The molecule has 0 radical (unpaired) electrons. The van der Waals surface area contributed by atoms with Gasteiger partial charge in [0, 0.05) is 14.1 Å². The van der Waals surface area contributed by atoms with Crippen LogP contribution < -0.4 is 10.2 Å². The first kappa shape index (κ1) is 13.2. The van der Waals surface area contributed by atoms with E-state index in [9.17, 15) is 14.9 Å². The highest BCUT2D eigenvalue weighted by Gasteiger charge is 2.21. The summed E-state index contributed by atoms with van der Waals surface area (Å²) in [6.45, 7) is 0.0255. The summed E-state index contributed by atoms with van der Waals surface area (Å²) < 4.78 is 0. The molecule has 6 nitrogen and oxygen atoms in total. The molecule has 1 rings (SSSR count). The van der Waals surface area contributed by atoms with Crippen molar-refractivity contribution >= 4 is 28.9 Å². The van der Waals surface area contributed by atoms with Crippen LogP contribution >= 0.6 is 11.6 Å². The topological polar surface area (TPSA) is 75.5 Å². The molecule has 0 aliphatic heterocycles. The van der Waals surface area contributed by atoms with Crippen molar-refractivity contribution in [1.82, 2.24) is 5.32 Å². The molecule has 7 heteroatoms. The van der Waals surface area contributed by atoms with Crippen LogP contribution in [0.2, 0.25) is 5.02 Å². The molecule has 0 bridgehead atoms. The second-order valence-corrected chi connectivity index (χ2v) is 3.80. The number of anilines is 1. The second kappa shape index (κ2) is 5.49. The van der Waals surface area contributed by atoms with Gasteiger partial charge in [-0.25, -0.2) is 0 Å². The van der Waals surface area contributed by atoms with E-state index in [1.54, 1.807) is 19.2 Å². The lowest BCUT2D eigenvalue weighted by Gasteiger charge is -2.18. The molecule has 0 fully saturated rings. The number of hydrogen-bond donors (Lipinski definition) is 1. The van der Waals surface area contributed by atoms with Crippen molar-refractivity contribution in [3.63, 3.8) is 0 Å². The van der Waals surface area contributed by atoms with Crippen LogP contribution in [0, 0.1) is 10.1 Å². The van der Waals surface area contributed by atoms with E-state index in [1.165, 1.54) is 18.0 Å². The lowest BCUT2D eigenvalue weighted by atomic mass is 10.2. The number of halogens is 1. The van der Waals surface area contributed by atoms with Gasteiger partial charge in [0.25, 0.3) is 0 Å². The van der Waals surface area contributed by atoms with E-state index in [0.717, 1.165) is 0 Å². The van der Waals surface area contributed by atoms with Crippen molar-refractivity contribution in [2.75, 3.05) is 25.5 Å². The number of nitro groups is 1. The first-order chi connectivity index (χ1) is 7.97. The van der Waals surface area contributed by atoms with Gasteiger partial charge in [0.05, 0.1) is 11.5 Å². The Kier molecular flexibility index (Phi) is 4.28. The third kappa shape index (κ3) is 3.07. The number of nitrogens with zero attached hydrogens (tertiary/aromatic N) is 2. The molecule has 0 aliphatic carbocycles. The summed E-state index contributed by atoms with van der Waals surface area (Å²) in [7, 11) is 3.09. The van der Waals surface area contributed by atoms with Gasteiger partial charge >= 0.3 is 5.69 Å². The van der Waals surface area contributed by atoms with Gasteiger partial charge in [0.1, 0.15) is 10.7 Å². The minimum absolute atomic E-state index is 0.0255. The molecule has 1 aromatic carbocycles. The molecule has 0 heterocycles. The van der Waals surface area contributed by atoms with E-state index >= 15 is 0 Å². The van der Waals surface area contributed by atoms with Crippen LogP contribution in [0.3, 0.4) is 0 Å². The van der Waals surface area contributed by atoms with Crippen LogP contribution in [0.4, 0.5) is 11.4 Å². The van der Waals surface area contributed by atoms with Gasteiger partial charge in [-0.15, -0.1) is 0 Å². The number of hydrogen-bond acceptors (Lipinski definition) is 4. The lowest BCUT2D eigenvalue weighted by molar-refractivity contribution is -0.384. The zero-order chi connectivity index (χ0) is 13.0. The number of rotatable bonds is 4. The molecule has 0 unspecified atom stereocenters. The summed E-state index contributed by atoms with van der Waals surface area (Å²) in [5.74, 6) is -0.234. The molecule has 1 amide bonds. The molecule has 0 aliphatic rings. The maximum absolute atomic E-state index is 11.2. The number of nitrogens with one attached hydrogen (secondary N) is 1. The van der Waals surface area contributed by atoms with Crippen molar-refractivity contribution in [3.05, 3.63) is 33.3 Å². The van der Waals surface area contributed by atoms with Gasteiger partial charge in [-0.05, 0) is 12.1 Å². The fraction of sp³-hybridized carbons (Fsp3) is 0.300. The van der Waals surface area contributed by atoms with Crippen LogP contribution in [0.1, 0.15) is 0 Å². The largest absolute Gasteiger partial charge is 0.360 e. The number of nitro benzene ring substituents is 1. The van der Waals surface area contributed by atoms with Crippen LogP contribution in [0.25, 0.3) is 0 Å². The Balaban J connectivity index is 3.09. The Labute approximate surface area is 103 Å². The highest BCUT2D eigenvalue weighted by molar-refractivity contribution is 6.33. The molecule has 17 heavy (non-hydrogen) atoms. The van der Waals surface area contributed by atoms with Crippen LogP contribution in [-0.4, -0.2) is 31.5 Å². The van der Waals surface area contributed by atoms with E-state index < -0.39 is 4.92 Å². The summed E-state index contributed by atoms with van der Waals surface area (Å²) >= 11 is 5.77. The van der Waals surface area contributed by atoms with Crippen LogP contribution in [-0.2, 0) is 4.79 Å². The maximum atomic E-state index is 11.2. The minimum atomic E-state index is -0.558. The number of amides is 1. The summed E-state index contributed by atoms with van der Waals surface area (Å²) in [6, 6.07) is 4.59. The average Bonchev–Trinajstić information content (AvgIpc) is 2.27. The Morgan fingerprint density at radius 2 is 2.24 bits per heavy atom. The van der Waals surface area contributed by atoms with Gasteiger partial charge in [-0.1, -0.05) is 17.7 Å². The molecular weight excluding hydrogens is 246 g/mol. The molecule has 0 spiro atoms. The van der Waals surface area contributed by atoms with Crippen molar-refractivity contribution in [1.29, 1.82) is 0 Å². The first-order valence-corrected chi connectivity index (χ1v) is 5.19. The predicted molar refractivity (Wildman–Crippen MR) is 65.4 cm³/mol. The Bertz CT molecular complexity index is 450. The third-order valence-electron chi connectivity index (χ3n) is 2.22. The Morgan fingerprint density at radius 1 is 1.59 bits per heavy atom. The summed E-state index contributed by atoms with van der Waals surface area (Å²) in [6.07, 6.45) is 0. The minimum Gasteiger partial charge on any atom is -0.360 e. The van der Waals surface area contributed by atoms with E-state index in [4.69, 9.17) is 11.6 Å². The van der Waals surface area contributed by atoms with E-state index in [2.05, 4.69) is 5.32 Å². The second-order valence-electron chi connectivity index (χ2n) is 3.39. The molecule has 0 saturated carbocycles. The summed E-state index contributed by atoms with van der Waals surface area (Å²) in [4.78, 5) is 23.0. The molecule has 0 atom stereocenters. The van der Waals surface area contributed by atoms with Gasteiger partial charge in [0.15, 0.2) is 0 Å². The normalized spacial score (nSPS) is 9.82. The van der Waals surface area contributed by atoms with Gasteiger partial charge < -0.3 is 10.2 Å². The number of carbonyl (C=O) groups is 1. The zero-order valence-corrected chi connectivity index (χ0v) is 10.2. The van der Waals surface area contributed by atoms with Gasteiger partial charge in [-0.3, -0.25) is 14.9 Å². The standard InChI is InChI=1S/C10H12ClN3O3/c1-12-9(15)6-13(2)8-5-3-4-7(11)10(8)14(16)17/h3-5H,6H2,1-2H3,(H,12,15). The molecule has 1 aromatic rings. The number of benzene rings is 1. The van der Waals surface area contributed by atoms with Crippen LogP contribution in [0.5, 0.6) is 0 Å². The van der Waals surface area contributed by atoms with Crippen molar-refractivity contribution in [2.45, 2.75) is 0 Å². The SMILES string of the molecule is CNC(=O)CN(C)c1cccc(Cl)c1[N+](=O)[O-]. The fourth-order valence-electron chi connectivity index (χ4n) is 1.37. The first-order valence-electron chi connectivity index (χ1n) is 4.82. The smallest absolute Gasteiger partial charge is 0.310 e. The molecule has 0 saturated heterocycles. The third-order valence-corrected chi connectivity index (χ3v) is 2.52. The molecule has 92 valence electrons. The zero-order valence-electron chi connectivity index (χ0n) is 9.44. The highest BCUT2D eigenvalue weighted by atomic mass is 35.5. The van der Waals surface area contributed by atoms with Crippen molar-refractivity contribution in [3.8, 4) is 0 Å².